The maximum Gasteiger partial charge on any atom is 0.00100 e. The van der Waals surface area contributed by atoms with Gasteiger partial charge in [-0.3, -0.25) is 0 Å². The maximum atomic E-state index is 5.53. The molecule has 71 valence electrons. The number of hydrogen-bond acceptors (Lipinski definition) is 2. The van der Waals surface area contributed by atoms with Crippen LogP contribution in [0.25, 0.3) is 0 Å². The van der Waals surface area contributed by atoms with E-state index in [1.165, 1.54) is 32.4 Å². The summed E-state index contributed by atoms with van der Waals surface area (Å²) in [5.41, 5.74) is 5.53. The van der Waals surface area contributed by atoms with Crippen molar-refractivity contribution < 1.29 is 0 Å². The number of piperidine rings is 1. The number of nitrogens with zero attached hydrogens (tertiary/aromatic N) is 1. The van der Waals surface area contributed by atoms with Gasteiger partial charge in [0, 0.05) is 6.54 Å². The van der Waals surface area contributed by atoms with Gasteiger partial charge in [0.2, 0.25) is 0 Å². The molecular weight excluding hydrogens is 148 g/mol. The molecule has 2 N–H and O–H groups in total. The average Bonchev–Trinajstić information content (AvgIpc) is 2.09. The fourth-order valence-corrected chi connectivity index (χ4v) is 1.95. The van der Waals surface area contributed by atoms with Crippen LogP contribution in [0, 0.1) is 12.3 Å². The van der Waals surface area contributed by atoms with Crippen LogP contribution in [0.5, 0.6) is 0 Å². The van der Waals surface area contributed by atoms with Crippen molar-refractivity contribution in [2.75, 3.05) is 26.2 Å². The van der Waals surface area contributed by atoms with E-state index in [1.807, 2.05) is 0 Å². The van der Waals surface area contributed by atoms with Crippen LogP contribution >= 0.6 is 0 Å². The van der Waals surface area contributed by atoms with E-state index in [-0.39, 0.29) is 0 Å². The molecule has 12 heavy (non-hydrogen) atoms. The standard InChI is InChI=1S/C10H21N2/c1-2-7-12-8-4-10(3-6-11)5-9-12/h2,10H,3-9,11H2,1H3. The molecule has 0 spiro atoms. The van der Waals surface area contributed by atoms with Crippen LogP contribution in [-0.4, -0.2) is 31.1 Å². The van der Waals surface area contributed by atoms with Crippen molar-refractivity contribution in [2.24, 2.45) is 11.7 Å². The van der Waals surface area contributed by atoms with E-state index in [1.54, 1.807) is 0 Å². The van der Waals surface area contributed by atoms with Crippen molar-refractivity contribution >= 4 is 0 Å². The fourth-order valence-electron chi connectivity index (χ4n) is 1.95. The minimum Gasteiger partial charge on any atom is -0.330 e. The lowest BCUT2D eigenvalue weighted by molar-refractivity contribution is 0.192. The van der Waals surface area contributed by atoms with Crippen LogP contribution in [0.15, 0.2) is 0 Å². The molecule has 0 amide bonds. The lowest BCUT2D eigenvalue weighted by Crippen LogP contribution is -2.34. The summed E-state index contributed by atoms with van der Waals surface area (Å²) in [6.07, 6.45) is 6.17. The minimum absolute atomic E-state index is 0.866. The Morgan fingerprint density at radius 1 is 1.42 bits per heavy atom. The number of nitrogens with two attached hydrogens (primary N) is 1. The van der Waals surface area contributed by atoms with E-state index in [0.717, 1.165) is 19.0 Å². The normalized spacial score (nSPS) is 21.5. The molecule has 0 saturated carbocycles. The molecule has 1 aliphatic rings. The van der Waals surface area contributed by atoms with Gasteiger partial charge in [0.15, 0.2) is 0 Å². The Morgan fingerprint density at radius 3 is 2.58 bits per heavy atom. The van der Waals surface area contributed by atoms with Gasteiger partial charge in [-0.15, -0.1) is 0 Å². The van der Waals surface area contributed by atoms with Crippen molar-refractivity contribution in [2.45, 2.75) is 26.2 Å². The van der Waals surface area contributed by atoms with Crippen molar-refractivity contribution in [1.82, 2.24) is 4.90 Å². The fraction of sp³-hybridized carbons (Fsp3) is 0.900. The first-order valence-electron chi connectivity index (χ1n) is 5.07. The largest absolute Gasteiger partial charge is 0.330 e. The van der Waals surface area contributed by atoms with Gasteiger partial charge >= 0.3 is 0 Å². The SMILES string of the molecule is C[CH]CN1CCC(CCN)CC1. The van der Waals surface area contributed by atoms with Gasteiger partial charge in [0.05, 0.1) is 0 Å². The van der Waals surface area contributed by atoms with Crippen molar-refractivity contribution in [1.29, 1.82) is 0 Å². The Hall–Kier alpha value is -0.0800. The maximum absolute atomic E-state index is 5.53. The molecule has 1 radical (unpaired) electrons. The Balaban J connectivity index is 2.11. The summed E-state index contributed by atoms with van der Waals surface area (Å²) in [6, 6.07) is 0. The van der Waals surface area contributed by atoms with Crippen molar-refractivity contribution in [3.63, 3.8) is 0 Å². The van der Waals surface area contributed by atoms with Crippen molar-refractivity contribution in [3.8, 4) is 0 Å². The van der Waals surface area contributed by atoms with Gasteiger partial charge in [-0.05, 0) is 51.2 Å². The Morgan fingerprint density at radius 2 is 2.08 bits per heavy atom. The van der Waals surface area contributed by atoms with Crippen LogP contribution in [0.3, 0.4) is 0 Å². The predicted molar refractivity (Wildman–Crippen MR) is 52.8 cm³/mol. The first-order chi connectivity index (χ1) is 5.86. The van der Waals surface area contributed by atoms with Gasteiger partial charge in [-0.2, -0.15) is 0 Å². The summed E-state index contributed by atoms with van der Waals surface area (Å²) >= 11 is 0. The van der Waals surface area contributed by atoms with Gasteiger partial charge in [0.25, 0.3) is 0 Å². The van der Waals surface area contributed by atoms with E-state index < -0.39 is 0 Å². The summed E-state index contributed by atoms with van der Waals surface area (Å²) in [7, 11) is 0. The highest BCUT2D eigenvalue weighted by atomic mass is 15.1. The van der Waals surface area contributed by atoms with Gasteiger partial charge in [0.1, 0.15) is 0 Å². The zero-order valence-corrected chi connectivity index (χ0v) is 8.13. The molecule has 1 aliphatic heterocycles. The third-order valence-corrected chi connectivity index (χ3v) is 2.72. The molecule has 0 aliphatic carbocycles. The molecule has 0 aromatic rings. The van der Waals surface area contributed by atoms with E-state index >= 15 is 0 Å². The molecule has 0 aromatic carbocycles. The number of likely N-dealkylation sites (tertiary alicyclic amines) is 1. The molecule has 1 heterocycles. The van der Waals surface area contributed by atoms with Crippen LogP contribution in [-0.2, 0) is 0 Å². The third-order valence-electron chi connectivity index (χ3n) is 2.72. The molecule has 0 unspecified atom stereocenters. The highest BCUT2D eigenvalue weighted by Crippen LogP contribution is 2.19. The second-order valence-electron chi connectivity index (χ2n) is 3.73. The number of hydrogen-bond donors (Lipinski definition) is 1. The van der Waals surface area contributed by atoms with E-state index in [4.69, 9.17) is 5.73 Å². The summed E-state index contributed by atoms with van der Waals surface area (Å²) in [5, 5.41) is 0. The van der Waals surface area contributed by atoms with Gasteiger partial charge in [-0.1, -0.05) is 6.92 Å². The van der Waals surface area contributed by atoms with Crippen molar-refractivity contribution in [3.05, 3.63) is 6.42 Å². The molecule has 1 saturated heterocycles. The average molecular weight is 169 g/mol. The van der Waals surface area contributed by atoms with E-state index in [0.29, 0.717) is 0 Å². The minimum atomic E-state index is 0.866. The summed E-state index contributed by atoms with van der Waals surface area (Å²) in [4.78, 5) is 2.52. The predicted octanol–water partition coefficient (Wildman–Crippen LogP) is 1.27. The third kappa shape index (κ3) is 3.11. The topological polar surface area (TPSA) is 29.3 Å². The summed E-state index contributed by atoms with van der Waals surface area (Å²) in [6.45, 7) is 6.70. The molecule has 2 heteroatoms. The molecule has 0 aromatic heterocycles. The quantitative estimate of drug-likeness (QED) is 0.686. The highest BCUT2D eigenvalue weighted by Gasteiger charge is 2.17. The lowest BCUT2D eigenvalue weighted by atomic mass is 9.93. The monoisotopic (exact) mass is 169 g/mol. The van der Waals surface area contributed by atoms with Crippen LogP contribution in [0.1, 0.15) is 26.2 Å². The lowest BCUT2D eigenvalue weighted by Gasteiger charge is -2.31. The zero-order chi connectivity index (χ0) is 8.81. The molecule has 1 fully saturated rings. The molecule has 0 bridgehead atoms. The first-order valence-corrected chi connectivity index (χ1v) is 5.07. The van der Waals surface area contributed by atoms with Gasteiger partial charge in [-0.25, -0.2) is 0 Å². The molecule has 1 rings (SSSR count). The summed E-state index contributed by atoms with van der Waals surface area (Å²) < 4.78 is 0. The molecule has 0 atom stereocenters. The highest BCUT2D eigenvalue weighted by molar-refractivity contribution is 4.75. The van der Waals surface area contributed by atoms with Crippen LogP contribution < -0.4 is 5.73 Å². The number of rotatable bonds is 4. The molecule has 2 nitrogen and oxygen atoms in total. The van der Waals surface area contributed by atoms with Gasteiger partial charge < -0.3 is 10.6 Å². The second kappa shape index (κ2) is 5.55. The second-order valence-corrected chi connectivity index (χ2v) is 3.73. The van der Waals surface area contributed by atoms with Crippen LogP contribution in [0.2, 0.25) is 0 Å². The Kier molecular flexibility index (Phi) is 4.62. The van der Waals surface area contributed by atoms with E-state index in [9.17, 15) is 0 Å². The Bertz CT molecular complexity index is 92.4. The zero-order valence-electron chi connectivity index (χ0n) is 8.13. The smallest absolute Gasteiger partial charge is 0.00100 e. The van der Waals surface area contributed by atoms with Crippen LogP contribution in [0.4, 0.5) is 0 Å². The Labute approximate surface area is 76.1 Å². The molecular formula is C10H21N2. The first kappa shape index (κ1) is 10.0. The van der Waals surface area contributed by atoms with E-state index in [2.05, 4.69) is 18.2 Å². The summed E-state index contributed by atoms with van der Waals surface area (Å²) in [5.74, 6) is 0.906.